The van der Waals surface area contributed by atoms with Crippen molar-refractivity contribution < 1.29 is 8.83 Å². The van der Waals surface area contributed by atoms with Crippen LogP contribution in [0, 0.1) is 0 Å². The van der Waals surface area contributed by atoms with Crippen molar-refractivity contribution >= 4 is 60.9 Å². The molecule has 0 spiro atoms. The number of para-hydroxylation sites is 2. The van der Waals surface area contributed by atoms with E-state index in [2.05, 4.69) is 335 Å². The number of hydrogen-bond acceptors (Lipinski definition) is 3. The average molecular weight is 1510 g/mol. The second-order valence-electron chi connectivity index (χ2n) is 37.1. The summed E-state index contributed by atoms with van der Waals surface area (Å²) in [4.78, 5) is 2.55. The van der Waals surface area contributed by atoms with Crippen LogP contribution in [-0.2, 0) is 33.5 Å². The van der Waals surface area contributed by atoms with E-state index in [1.165, 1.54) is 244 Å². The van der Waals surface area contributed by atoms with Crippen molar-refractivity contribution in [1.82, 2.24) is 0 Å². The zero-order valence-electron chi connectivity index (χ0n) is 69.0. The minimum absolute atomic E-state index is 0.0405. The average Bonchev–Trinajstić information content (AvgIpc) is 1.50. The molecule has 0 N–H and O–H groups in total. The van der Waals surface area contributed by atoms with E-state index in [0.717, 1.165) is 62.3 Å². The van der Waals surface area contributed by atoms with Crippen molar-refractivity contribution in [2.75, 3.05) is 4.90 Å². The predicted molar refractivity (Wildman–Crippen MR) is 488 cm³/mol. The molecule has 1 unspecified atom stereocenters. The maximum absolute atomic E-state index is 7.19. The van der Waals surface area contributed by atoms with Gasteiger partial charge >= 0.3 is 0 Å². The van der Waals surface area contributed by atoms with Gasteiger partial charge in [0.25, 0.3) is 0 Å². The van der Waals surface area contributed by atoms with Gasteiger partial charge in [0.15, 0.2) is 0 Å². The summed E-state index contributed by atoms with van der Waals surface area (Å²) in [6, 6.07) is 101. The molecule has 0 aliphatic heterocycles. The zero-order valence-corrected chi connectivity index (χ0v) is 69.0. The molecule has 0 saturated heterocycles. The quantitative estimate of drug-likeness (QED) is 0.0756. The monoisotopic (exact) mass is 1500 g/mol. The van der Waals surface area contributed by atoms with E-state index in [0.29, 0.717) is 0 Å². The standard InChI is InChI=1S/C113H101NO2/c1-11-13-15-17-19-31-59-113(58-30-18-16-14-12-2)91-39-27-22-34-79(91)82-55-49-72(63-96(82)113)71-48-54-81-80-53-47-70(61-92(80)109(3,4)93(81)62-71)68-42-44-69(45-43-68)89-67-97-100(102-86-36-24-28-40-98(86)115-107(89)102)84-56-51-76(65-94(84)110(97,5)6)114(75-50-46-74-60-73-32-20-21-33-78(73)88(74)64-75)77-52-57-85-95(66-77)112(9,10)106-104(85)108-103(87-37-25-29-41-99(87)116-108)101-83-35-23-26-38-90(83)111(7,8)105(101)106/h20-29,32-57,61-67H,11-19,30-31,58-60H2,1-10H3. The van der Waals surface area contributed by atoms with Gasteiger partial charge in [-0.05, 0) is 248 Å². The van der Waals surface area contributed by atoms with Crippen molar-refractivity contribution in [3.63, 3.8) is 0 Å². The Morgan fingerprint density at radius 3 is 1.35 bits per heavy atom. The van der Waals surface area contributed by atoms with E-state index in [1.54, 1.807) is 11.1 Å². The molecule has 0 saturated carbocycles. The van der Waals surface area contributed by atoms with Crippen LogP contribution in [0.15, 0.2) is 270 Å². The molecule has 22 rings (SSSR count). The summed E-state index contributed by atoms with van der Waals surface area (Å²) in [5.41, 5.74) is 45.9. The fraction of sp³-hybridized carbons (Fsp3) is 0.257. The van der Waals surface area contributed by atoms with Crippen molar-refractivity contribution in [1.29, 1.82) is 0 Å². The number of unbranched alkanes of at least 4 members (excludes halogenated alkanes) is 9. The van der Waals surface area contributed by atoms with Gasteiger partial charge in [-0.3, -0.25) is 0 Å². The highest BCUT2D eigenvalue weighted by Gasteiger charge is 2.50. The Morgan fingerprint density at radius 1 is 0.276 bits per heavy atom. The number of nitrogens with zero attached hydrogens (tertiary/aromatic N) is 1. The molecule has 0 fully saturated rings. The lowest BCUT2D eigenvalue weighted by Crippen LogP contribution is -2.25. The Morgan fingerprint density at radius 2 is 0.698 bits per heavy atom. The van der Waals surface area contributed by atoms with Gasteiger partial charge < -0.3 is 13.7 Å². The Hall–Kier alpha value is -11.5. The Labute approximate surface area is 684 Å². The summed E-state index contributed by atoms with van der Waals surface area (Å²) in [6.45, 7) is 24.3. The van der Waals surface area contributed by atoms with Gasteiger partial charge in [0, 0.05) is 76.8 Å². The number of fused-ring (bicyclic) bond motifs is 28. The SMILES string of the molecule is CCCCCCCCC1(CCCCCCC)c2ccccc2-c2ccc(-c3ccc4c(c3)C(C)(C)c3cc(-c5ccc(-c6cc7c(c8c6oc6ccccc68)-c6ccc(N(c8ccc9c(c8)-c8ccccc8C9)c8ccc9c(c8)C(C)(C)c8c%10c(c%11c(oc%12ccccc%12%11)c8-9)-c8ccccc8C%10(C)C)cc6C7(C)C)cc5)ccc3-4)cc21. The molecular weight excluding hydrogens is 1400 g/mol. The third kappa shape index (κ3) is 10.3. The molecule has 2 aromatic heterocycles. The van der Waals surface area contributed by atoms with Crippen LogP contribution in [0.5, 0.6) is 0 Å². The lowest BCUT2D eigenvalue weighted by atomic mass is 9.70. The molecule has 570 valence electrons. The summed E-state index contributed by atoms with van der Waals surface area (Å²) >= 11 is 0. The Balaban J connectivity index is 0.610. The van der Waals surface area contributed by atoms with Gasteiger partial charge in [-0.2, -0.15) is 0 Å². The Kier molecular flexibility index (Phi) is 16.1. The largest absolute Gasteiger partial charge is 0.455 e. The van der Waals surface area contributed by atoms with Crippen molar-refractivity contribution in [2.24, 2.45) is 0 Å². The fourth-order valence-corrected chi connectivity index (χ4v) is 23.3. The highest BCUT2D eigenvalue weighted by molar-refractivity contribution is 6.22. The molecule has 2 heterocycles. The van der Waals surface area contributed by atoms with Gasteiger partial charge in [0.2, 0.25) is 0 Å². The molecule has 0 radical (unpaired) electrons. The number of hydrogen-bond donors (Lipinski definition) is 0. The van der Waals surface area contributed by atoms with Crippen LogP contribution in [-0.4, -0.2) is 0 Å². The first kappa shape index (κ1) is 71.1. The summed E-state index contributed by atoms with van der Waals surface area (Å²) in [7, 11) is 0. The lowest BCUT2D eigenvalue weighted by molar-refractivity contribution is 0.398. The smallest absolute Gasteiger partial charge is 0.144 e. The minimum atomic E-state index is -0.399. The molecule has 0 bridgehead atoms. The number of anilines is 3. The van der Waals surface area contributed by atoms with Crippen LogP contribution in [0.2, 0.25) is 0 Å². The van der Waals surface area contributed by atoms with Crippen molar-refractivity contribution in [2.45, 2.75) is 186 Å². The van der Waals surface area contributed by atoms with Crippen LogP contribution in [0.4, 0.5) is 17.1 Å². The zero-order chi connectivity index (χ0) is 78.5. The first-order chi connectivity index (χ1) is 56.5. The third-order valence-electron chi connectivity index (χ3n) is 29.2. The fourth-order valence-electron chi connectivity index (χ4n) is 23.3. The molecule has 3 nitrogen and oxygen atoms in total. The second-order valence-corrected chi connectivity index (χ2v) is 37.1. The maximum Gasteiger partial charge on any atom is 0.144 e. The molecular formula is C113H101NO2. The lowest BCUT2D eigenvalue weighted by Gasteiger charge is -2.33. The first-order valence-corrected chi connectivity index (χ1v) is 43.5. The van der Waals surface area contributed by atoms with E-state index in [9.17, 15) is 0 Å². The van der Waals surface area contributed by atoms with E-state index >= 15 is 0 Å². The van der Waals surface area contributed by atoms with Gasteiger partial charge in [0.05, 0.1) is 0 Å². The number of benzene rings is 14. The van der Waals surface area contributed by atoms with Gasteiger partial charge in [-0.1, -0.05) is 328 Å². The van der Waals surface area contributed by atoms with Crippen LogP contribution >= 0.6 is 0 Å². The van der Waals surface area contributed by atoms with E-state index in [4.69, 9.17) is 8.83 Å². The molecule has 6 aliphatic rings. The van der Waals surface area contributed by atoms with Crippen molar-refractivity contribution in [3.8, 4) is 100 Å². The van der Waals surface area contributed by atoms with Crippen LogP contribution in [0.25, 0.3) is 144 Å². The third-order valence-corrected chi connectivity index (χ3v) is 29.2. The van der Waals surface area contributed by atoms with E-state index in [-0.39, 0.29) is 21.7 Å². The highest BCUT2D eigenvalue weighted by Crippen LogP contribution is 2.65. The van der Waals surface area contributed by atoms with Gasteiger partial charge in [-0.15, -0.1) is 0 Å². The van der Waals surface area contributed by atoms with E-state index in [1.807, 2.05) is 0 Å². The predicted octanol–water partition coefficient (Wildman–Crippen LogP) is 32.1. The molecule has 3 heteroatoms. The molecule has 0 amide bonds. The summed E-state index contributed by atoms with van der Waals surface area (Å²) < 4.78 is 14.4. The highest BCUT2D eigenvalue weighted by atomic mass is 16.3. The van der Waals surface area contributed by atoms with Crippen LogP contribution < -0.4 is 4.90 Å². The summed E-state index contributed by atoms with van der Waals surface area (Å²) in [5, 5.41) is 4.72. The minimum Gasteiger partial charge on any atom is -0.455 e. The summed E-state index contributed by atoms with van der Waals surface area (Å²) in [6.07, 6.45) is 17.8. The van der Waals surface area contributed by atoms with Gasteiger partial charge in [-0.25, -0.2) is 0 Å². The maximum atomic E-state index is 7.19. The van der Waals surface area contributed by atoms with Crippen LogP contribution in [0.1, 0.15) is 219 Å². The van der Waals surface area contributed by atoms with Gasteiger partial charge in [0.1, 0.15) is 22.3 Å². The van der Waals surface area contributed by atoms with Crippen LogP contribution in [0.3, 0.4) is 0 Å². The molecule has 16 aromatic rings. The topological polar surface area (TPSA) is 29.5 Å². The summed E-state index contributed by atoms with van der Waals surface area (Å²) in [5.74, 6) is 0. The second kappa shape index (κ2) is 26.2. The molecule has 116 heavy (non-hydrogen) atoms. The van der Waals surface area contributed by atoms with E-state index < -0.39 is 5.41 Å². The number of rotatable bonds is 19. The molecule has 1 atom stereocenters. The molecule has 14 aromatic carbocycles. The normalized spacial score (nSPS) is 16.4. The van der Waals surface area contributed by atoms with Crippen molar-refractivity contribution in [3.05, 3.63) is 328 Å². The number of furan rings is 2. The first-order valence-electron chi connectivity index (χ1n) is 43.5. The molecule has 6 aliphatic carbocycles. The Bertz CT molecular complexity index is 6810.